The molecule has 0 bridgehead atoms. The second-order valence-corrected chi connectivity index (χ2v) is 6.73. The fraction of sp³-hybridized carbons (Fsp3) is 0.214. The molecular formula is C14H14N2O5S. The average molecular weight is 322 g/mol. The molecule has 1 aliphatic rings. The minimum Gasteiger partial charge on any atom is -0.504 e. The molecule has 0 spiro atoms. The first-order chi connectivity index (χ1) is 10.3. The van der Waals surface area contributed by atoms with E-state index in [0.29, 0.717) is 10.9 Å². The van der Waals surface area contributed by atoms with Crippen LogP contribution in [-0.2, 0) is 21.9 Å². The van der Waals surface area contributed by atoms with Crippen LogP contribution in [-0.4, -0.2) is 40.0 Å². The van der Waals surface area contributed by atoms with Crippen LogP contribution in [0.25, 0.3) is 16.7 Å². The molecule has 0 saturated heterocycles. The molecule has 1 aromatic heterocycles. The zero-order chi connectivity index (χ0) is 16.2. The maximum absolute atomic E-state index is 12.8. The first kappa shape index (κ1) is 14.5. The molecule has 2 aromatic rings. The number of nitrogens with zero attached hydrogens (tertiary/aromatic N) is 2. The van der Waals surface area contributed by atoms with Crippen LogP contribution in [0.15, 0.2) is 34.9 Å². The van der Waals surface area contributed by atoms with Gasteiger partial charge in [0.15, 0.2) is 11.5 Å². The second-order valence-electron chi connectivity index (χ2n) is 4.93. The lowest BCUT2D eigenvalue weighted by atomic mass is 10.2. The number of sulfonamides is 1. The molecule has 7 nitrogen and oxygen atoms in total. The number of rotatable bonds is 2. The number of para-hydroxylation sites is 1. The molecule has 3 rings (SSSR count). The van der Waals surface area contributed by atoms with E-state index < -0.39 is 27.4 Å². The van der Waals surface area contributed by atoms with Crippen molar-refractivity contribution in [1.82, 2.24) is 8.87 Å². The number of aliphatic hydroxyl groups excluding tert-OH is 1. The van der Waals surface area contributed by atoms with Gasteiger partial charge >= 0.3 is 5.97 Å². The number of fused-ring (bicyclic) bond motifs is 3. The van der Waals surface area contributed by atoms with Gasteiger partial charge in [0.05, 0.1) is 0 Å². The highest BCUT2D eigenvalue weighted by atomic mass is 32.2. The quantitative estimate of drug-likeness (QED) is 0.873. The smallest absolute Gasteiger partial charge is 0.357 e. The largest absolute Gasteiger partial charge is 0.504 e. The van der Waals surface area contributed by atoms with Crippen LogP contribution < -0.4 is 0 Å². The van der Waals surface area contributed by atoms with Crippen LogP contribution in [0.5, 0.6) is 0 Å². The standard InChI is InChI=1S/C14H14N2O5S/c1-3-16-11(14(18)19)12(17)10-13(22(16,20)21)8-6-4-5-7-9(8)15(10)2/h4-7,17H,3H2,1-2H3,(H,18,19). The third kappa shape index (κ3) is 1.61. The Bertz CT molecular complexity index is 940. The highest BCUT2D eigenvalue weighted by Crippen LogP contribution is 2.41. The number of likely N-dealkylation sites (N-methyl/N-ethyl adjacent to an activating group) is 1. The molecule has 0 saturated carbocycles. The molecule has 0 radical (unpaired) electrons. The molecule has 0 aliphatic carbocycles. The third-order valence-electron chi connectivity index (χ3n) is 3.80. The van der Waals surface area contributed by atoms with Gasteiger partial charge < -0.3 is 14.8 Å². The zero-order valence-corrected chi connectivity index (χ0v) is 12.8. The number of aliphatic hydroxyl groups is 1. The third-order valence-corrected chi connectivity index (χ3v) is 5.75. The van der Waals surface area contributed by atoms with Crippen LogP contribution in [0, 0.1) is 0 Å². The van der Waals surface area contributed by atoms with Crippen LogP contribution >= 0.6 is 0 Å². The maximum atomic E-state index is 12.8. The molecule has 2 N–H and O–H groups in total. The maximum Gasteiger partial charge on any atom is 0.357 e. The Labute approximate surface area is 126 Å². The SMILES string of the molecule is CCN1C(C(=O)O)=C(O)c2c(c3ccccc3n2C)S1(=O)=O. The minimum atomic E-state index is -4.05. The van der Waals surface area contributed by atoms with Gasteiger partial charge in [0.2, 0.25) is 0 Å². The summed E-state index contributed by atoms with van der Waals surface area (Å²) in [4.78, 5) is 11.4. The van der Waals surface area contributed by atoms with Gasteiger partial charge in [0, 0.05) is 24.5 Å². The fourth-order valence-electron chi connectivity index (χ4n) is 2.88. The average Bonchev–Trinajstić information content (AvgIpc) is 2.77. The first-order valence-electron chi connectivity index (χ1n) is 6.59. The fourth-order valence-corrected chi connectivity index (χ4v) is 4.78. The molecule has 116 valence electrons. The number of carboxylic acids is 1. The van der Waals surface area contributed by atoms with Crippen LogP contribution in [0.1, 0.15) is 12.6 Å². The summed E-state index contributed by atoms with van der Waals surface area (Å²) in [5.41, 5.74) is -0.0190. The summed E-state index contributed by atoms with van der Waals surface area (Å²) in [5.74, 6) is -2.03. The van der Waals surface area contributed by atoms with Gasteiger partial charge in [0.1, 0.15) is 10.6 Å². The molecule has 1 aliphatic heterocycles. The van der Waals surface area contributed by atoms with Crippen molar-refractivity contribution in [3.05, 3.63) is 35.7 Å². The van der Waals surface area contributed by atoms with Crippen LogP contribution in [0.2, 0.25) is 0 Å². The second kappa shape index (κ2) is 4.51. The summed E-state index contributed by atoms with van der Waals surface area (Å²) < 4.78 is 27.9. The number of hydrogen-bond donors (Lipinski definition) is 2. The number of benzene rings is 1. The Morgan fingerprint density at radius 2 is 1.91 bits per heavy atom. The zero-order valence-electron chi connectivity index (χ0n) is 11.9. The first-order valence-corrected chi connectivity index (χ1v) is 8.03. The summed E-state index contributed by atoms with van der Waals surface area (Å²) in [6.07, 6.45) is 0. The van der Waals surface area contributed by atoms with Crippen LogP contribution in [0.4, 0.5) is 0 Å². The lowest BCUT2D eigenvalue weighted by Gasteiger charge is -2.28. The van der Waals surface area contributed by atoms with Crippen molar-refractivity contribution < 1.29 is 23.4 Å². The molecule has 2 heterocycles. The number of carbonyl (C=O) groups is 1. The van der Waals surface area contributed by atoms with Gasteiger partial charge in [-0.05, 0) is 13.0 Å². The van der Waals surface area contributed by atoms with E-state index in [1.165, 1.54) is 11.5 Å². The number of hydrogen-bond acceptors (Lipinski definition) is 4. The van der Waals surface area contributed by atoms with E-state index in [9.17, 15) is 23.4 Å². The number of aliphatic carboxylic acids is 1. The highest BCUT2D eigenvalue weighted by molar-refractivity contribution is 7.89. The Balaban J connectivity index is 2.56. The summed E-state index contributed by atoms with van der Waals surface area (Å²) in [7, 11) is -2.46. The Hall–Kier alpha value is -2.48. The molecule has 8 heteroatoms. The van der Waals surface area contributed by atoms with Crippen molar-refractivity contribution in [2.45, 2.75) is 11.8 Å². The molecular weight excluding hydrogens is 308 g/mol. The predicted octanol–water partition coefficient (Wildman–Crippen LogP) is 1.51. The van der Waals surface area contributed by atoms with Crippen molar-refractivity contribution >= 4 is 32.7 Å². The minimum absolute atomic E-state index is 0.00306. The number of aromatic nitrogens is 1. The van der Waals surface area contributed by atoms with E-state index in [4.69, 9.17) is 0 Å². The summed E-state index contributed by atoms with van der Waals surface area (Å²) in [6, 6.07) is 6.80. The summed E-state index contributed by atoms with van der Waals surface area (Å²) in [6.45, 7) is 1.43. The van der Waals surface area contributed by atoms with Crippen molar-refractivity contribution in [1.29, 1.82) is 0 Å². The van der Waals surface area contributed by atoms with Crippen molar-refractivity contribution in [3.63, 3.8) is 0 Å². The lowest BCUT2D eigenvalue weighted by Crippen LogP contribution is -2.38. The lowest BCUT2D eigenvalue weighted by molar-refractivity contribution is -0.133. The summed E-state index contributed by atoms with van der Waals surface area (Å²) in [5, 5.41) is 20.1. The molecule has 0 atom stereocenters. The van der Waals surface area contributed by atoms with Gasteiger partial charge in [-0.25, -0.2) is 13.2 Å². The van der Waals surface area contributed by atoms with E-state index in [1.54, 1.807) is 31.3 Å². The van der Waals surface area contributed by atoms with E-state index in [-0.39, 0.29) is 17.1 Å². The molecule has 0 unspecified atom stereocenters. The van der Waals surface area contributed by atoms with Crippen molar-refractivity contribution in [2.24, 2.45) is 7.05 Å². The molecule has 0 fully saturated rings. The monoisotopic (exact) mass is 322 g/mol. The van der Waals surface area contributed by atoms with Crippen LogP contribution in [0.3, 0.4) is 0 Å². The number of carboxylic acid groups (broad SMARTS) is 1. The van der Waals surface area contributed by atoms with Gasteiger partial charge in [-0.2, -0.15) is 0 Å². The van der Waals surface area contributed by atoms with Crippen molar-refractivity contribution in [3.8, 4) is 0 Å². The van der Waals surface area contributed by atoms with E-state index >= 15 is 0 Å². The van der Waals surface area contributed by atoms with E-state index in [0.717, 1.165) is 4.31 Å². The van der Waals surface area contributed by atoms with Gasteiger partial charge in [-0.15, -0.1) is 0 Å². The number of aryl methyl sites for hydroxylation is 1. The van der Waals surface area contributed by atoms with E-state index in [1.807, 2.05) is 0 Å². The van der Waals surface area contributed by atoms with Gasteiger partial charge in [0.25, 0.3) is 10.0 Å². The van der Waals surface area contributed by atoms with Crippen molar-refractivity contribution in [2.75, 3.05) is 6.54 Å². The predicted molar refractivity (Wildman–Crippen MR) is 79.7 cm³/mol. The molecule has 1 aromatic carbocycles. The van der Waals surface area contributed by atoms with Gasteiger partial charge in [-0.3, -0.25) is 4.31 Å². The highest BCUT2D eigenvalue weighted by Gasteiger charge is 2.42. The topological polar surface area (TPSA) is 99.8 Å². The Morgan fingerprint density at radius 1 is 1.27 bits per heavy atom. The normalized spacial score (nSPS) is 16.9. The Morgan fingerprint density at radius 3 is 2.50 bits per heavy atom. The Kier molecular flexibility index (Phi) is 2.96. The summed E-state index contributed by atoms with van der Waals surface area (Å²) >= 11 is 0. The van der Waals surface area contributed by atoms with E-state index in [2.05, 4.69) is 0 Å². The molecule has 22 heavy (non-hydrogen) atoms. The van der Waals surface area contributed by atoms with Gasteiger partial charge in [-0.1, -0.05) is 18.2 Å². The molecule has 0 amide bonds.